The van der Waals surface area contributed by atoms with Crippen LogP contribution in [0.1, 0.15) is 31.2 Å². The number of aliphatic hydroxyl groups excluding tert-OH is 1. The molecule has 0 heterocycles. The van der Waals surface area contributed by atoms with Crippen molar-refractivity contribution in [2.75, 3.05) is 6.54 Å². The van der Waals surface area contributed by atoms with Gasteiger partial charge in [-0.1, -0.05) is 30.3 Å². The van der Waals surface area contributed by atoms with E-state index in [-0.39, 0.29) is 12.2 Å². The van der Waals surface area contributed by atoms with Crippen molar-refractivity contribution in [3.05, 3.63) is 35.9 Å². The van der Waals surface area contributed by atoms with Gasteiger partial charge < -0.3 is 15.2 Å². The highest BCUT2D eigenvalue weighted by Crippen LogP contribution is 2.23. The molecule has 1 aliphatic rings. The van der Waals surface area contributed by atoms with Crippen molar-refractivity contribution >= 4 is 6.09 Å². The van der Waals surface area contributed by atoms with E-state index in [0.29, 0.717) is 19.1 Å². The second-order valence-electron chi connectivity index (χ2n) is 5.12. The maximum absolute atomic E-state index is 11.5. The number of carbonyl (C=O) groups excluding carboxylic acids is 1. The van der Waals surface area contributed by atoms with Crippen LogP contribution in [0.25, 0.3) is 0 Å². The van der Waals surface area contributed by atoms with E-state index < -0.39 is 0 Å². The lowest BCUT2D eigenvalue weighted by molar-refractivity contribution is 0.105. The van der Waals surface area contributed by atoms with Gasteiger partial charge in [0, 0.05) is 6.54 Å². The molecule has 2 rings (SSSR count). The van der Waals surface area contributed by atoms with E-state index in [1.54, 1.807) is 0 Å². The normalized spacial score (nSPS) is 22.8. The third kappa shape index (κ3) is 4.91. The molecule has 1 fully saturated rings. The summed E-state index contributed by atoms with van der Waals surface area (Å²) in [5, 5.41) is 12.2. The average Bonchev–Trinajstić information content (AvgIpc) is 2.45. The summed E-state index contributed by atoms with van der Waals surface area (Å²) in [6.07, 6.45) is 3.10. The highest BCUT2D eigenvalue weighted by atomic mass is 16.5. The monoisotopic (exact) mass is 263 g/mol. The first kappa shape index (κ1) is 13.9. The molecule has 1 saturated carbocycles. The van der Waals surface area contributed by atoms with Crippen molar-refractivity contribution in [1.82, 2.24) is 5.32 Å². The minimum Gasteiger partial charge on any atom is -0.445 e. The summed E-state index contributed by atoms with van der Waals surface area (Å²) in [6, 6.07) is 9.63. The van der Waals surface area contributed by atoms with Gasteiger partial charge in [-0.15, -0.1) is 0 Å². The van der Waals surface area contributed by atoms with Gasteiger partial charge in [0.05, 0.1) is 6.10 Å². The van der Waals surface area contributed by atoms with Crippen molar-refractivity contribution in [3.8, 4) is 0 Å². The predicted molar refractivity (Wildman–Crippen MR) is 72.6 cm³/mol. The minimum atomic E-state index is -0.366. The molecular weight excluding hydrogens is 242 g/mol. The quantitative estimate of drug-likeness (QED) is 0.877. The van der Waals surface area contributed by atoms with Gasteiger partial charge in [0.15, 0.2) is 0 Å². The predicted octanol–water partition coefficient (Wildman–Crippen LogP) is 2.46. The molecule has 0 bridgehead atoms. The molecule has 0 aromatic heterocycles. The lowest BCUT2D eigenvalue weighted by atomic mass is 9.87. The summed E-state index contributed by atoms with van der Waals surface area (Å²) in [7, 11) is 0. The van der Waals surface area contributed by atoms with Crippen LogP contribution in [0.5, 0.6) is 0 Å². The standard InChI is InChI=1S/C15H21NO3/c17-14-8-6-12(7-9-14)10-16-15(18)19-11-13-4-2-1-3-5-13/h1-5,12,14,17H,6-11H2,(H,16,18)/t12-,14-. The second-order valence-corrected chi connectivity index (χ2v) is 5.12. The van der Waals surface area contributed by atoms with Gasteiger partial charge in [0.2, 0.25) is 0 Å². The summed E-state index contributed by atoms with van der Waals surface area (Å²) < 4.78 is 5.14. The number of carbonyl (C=O) groups is 1. The molecule has 1 aliphatic carbocycles. The number of rotatable bonds is 4. The van der Waals surface area contributed by atoms with Crippen molar-refractivity contribution in [1.29, 1.82) is 0 Å². The zero-order chi connectivity index (χ0) is 13.5. The van der Waals surface area contributed by atoms with E-state index in [2.05, 4.69) is 5.32 Å². The largest absolute Gasteiger partial charge is 0.445 e. The Bertz CT molecular complexity index is 386. The van der Waals surface area contributed by atoms with Gasteiger partial charge in [0.1, 0.15) is 6.61 Å². The Morgan fingerprint density at radius 1 is 1.21 bits per heavy atom. The molecule has 0 radical (unpaired) electrons. The number of amides is 1. The van der Waals surface area contributed by atoms with Crippen LogP contribution < -0.4 is 5.32 Å². The molecule has 1 aromatic carbocycles. The smallest absolute Gasteiger partial charge is 0.407 e. The molecular formula is C15H21NO3. The molecule has 0 spiro atoms. The molecule has 1 aromatic rings. The number of alkyl carbamates (subject to hydrolysis) is 1. The molecule has 1 amide bonds. The van der Waals surface area contributed by atoms with E-state index in [4.69, 9.17) is 4.74 Å². The maximum atomic E-state index is 11.5. The fraction of sp³-hybridized carbons (Fsp3) is 0.533. The van der Waals surface area contributed by atoms with Crippen molar-refractivity contribution < 1.29 is 14.6 Å². The molecule has 0 aliphatic heterocycles. The Morgan fingerprint density at radius 2 is 1.89 bits per heavy atom. The number of hydrogen-bond acceptors (Lipinski definition) is 3. The van der Waals surface area contributed by atoms with Gasteiger partial charge in [-0.2, -0.15) is 0 Å². The van der Waals surface area contributed by atoms with Crippen LogP contribution in [0.4, 0.5) is 4.79 Å². The Kier molecular flexibility index (Phi) is 5.21. The molecule has 4 nitrogen and oxygen atoms in total. The molecule has 0 unspecified atom stereocenters. The molecule has 104 valence electrons. The van der Waals surface area contributed by atoms with E-state index in [9.17, 15) is 9.90 Å². The summed E-state index contributed by atoms with van der Waals surface area (Å²) in [4.78, 5) is 11.5. The van der Waals surface area contributed by atoms with Crippen molar-refractivity contribution in [2.45, 2.75) is 38.4 Å². The van der Waals surface area contributed by atoms with Crippen molar-refractivity contribution in [3.63, 3.8) is 0 Å². The first-order chi connectivity index (χ1) is 9.24. The minimum absolute atomic E-state index is 0.152. The number of aliphatic hydroxyl groups is 1. The van der Waals surface area contributed by atoms with E-state index >= 15 is 0 Å². The molecule has 4 heteroatoms. The summed E-state index contributed by atoms with van der Waals surface area (Å²) in [6.45, 7) is 0.941. The fourth-order valence-corrected chi connectivity index (χ4v) is 2.35. The van der Waals surface area contributed by atoms with Gasteiger partial charge in [-0.3, -0.25) is 0 Å². The Morgan fingerprint density at radius 3 is 2.58 bits per heavy atom. The Hall–Kier alpha value is -1.55. The number of benzene rings is 1. The fourth-order valence-electron chi connectivity index (χ4n) is 2.35. The van der Waals surface area contributed by atoms with Crippen LogP contribution in [0.2, 0.25) is 0 Å². The van der Waals surface area contributed by atoms with E-state index in [1.807, 2.05) is 30.3 Å². The molecule has 0 atom stereocenters. The summed E-state index contributed by atoms with van der Waals surface area (Å²) >= 11 is 0. The topological polar surface area (TPSA) is 58.6 Å². The lowest BCUT2D eigenvalue weighted by Gasteiger charge is -2.25. The molecule has 2 N–H and O–H groups in total. The molecule has 0 saturated heterocycles. The zero-order valence-corrected chi connectivity index (χ0v) is 11.0. The van der Waals surface area contributed by atoms with Crippen molar-refractivity contribution in [2.24, 2.45) is 5.92 Å². The number of ether oxygens (including phenoxy) is 1. The first-order valence-corrected chi connectivity index (χ1v) is 6.86. The van der Waals surface area contributed by atoms with Gasteiger partial charge in [-0.25, -0.2) is 4.79 Å². The van der Waals surface area contributed by atoms with E-state index in [0.717, 1.165) is 31.2 Å². The Balaban J connectivity index is 1.62. The third-order valence-electron chi connectivity index (χ3n) is 3.56. The summed E-state index contributed by atoms with van der Waals surface area (Å²) in [5.74, 6) is 0.465. The Labute approximate surface area is 113 Å². The van der Waals surface area contributed by atoms with Crippen LogP contribution in [0.15, 0.2) is 30.3 Å². The molecule has 19 heavy (non-hydrogen) atoms. The number of hydrogen-bond donors (Lipinski definition) is 2. The zero-order valence-electron chi connectivity index (χ0n) is 11.0. The number of nitrogens with one attached hydrogen (secondary N) is 1. The first-order valence-electron chi connectivity index (χ1n) is 6.86. The van der Waals surface area contributed by atoms with Crippen LogP contribution in [-0.4, -0.2) is 23.8 Å². The van der Waals surface area contributed by atoms with Gasteiger partial charge in [-0.05, 0) is 37.2 Å². The average molecular weight is 263 g/mol. The second kappa shape index (κ2) is 7.14. The van der Waals surface area contributed by atoms with Gasteiger partial charge in [0.25, 0.3) is 0 Å². The van der Waals surface area contributed by atoms with Crippen LogP contribution in [-0.2, 0) is 11.3 Å². The van der Waals surface area contributed by atoms with Crippen LogP contribution in [0.3, 0.4) is 0 Å². The SMILES string of the molecule is O=C(NC[C@H]1CC[C@H](O)CC1)OCc1ccccc1. The van der Waals surface area contributed by atoms with E-state index in [1.165, 1.54) is 0 Å². The lowest BCUT2D eigenvalue weighted by Crippen LogP contribution is -2.32. The van der Waals surface area contributed by atoms with Crippen LogP contribution >= 0.6 is 0 Å². The van der Waals surface area contributed by atoms with Gasteiger partial charge >= 0.3 is 6.09 Å². The highest BCUT2D eigenvalue weighted by Gasteiger charge is 2.19. The summed E-state index contributed by atoms with van der Waals surface area (Å²) in [5.41, 5.74) is 0.985. The third-order valence-corrected chi connectivity index (χ3v) is 3.56. The maximum Gasteiger partial charge on any atom is 0.407 e. The van der Waals surface area contributed by atoms with Crippen LogP contribution in [0, 0.1) is 5.92 Å². The highest BCUT2D eigenvalue weighted by molar-refractivity contribution is 5.67.